The van der Waals surface area contributed by atoms with E-state index in [9.17, 15) is 12.8 Å². The van der Waals surface area contributed by atoms with Crippen LogP contribution in [0.25, 0.3) is 0 Å². The molecule has 0 radical (unpaired) electrons. The van der Waals surface area contributed by atoms with Gasteiger partial charge in [-0.1, -0.05) is 11.6 Å². The fourth-order valence-corrected chi connectivity index (χ4v) is 3.02. The number of nitrogens with two attached hydrogens (primary N) is 1. The zero-order valence-corrected chi connectivity index (χ0v) is 13.2. The summed E-state index contributed by atoms with van der Waals surface area (Å²) in [4.78, 5) is -0.146. The van der Waals surface area contributed by atoms with E-state index in [1.165, 1.54) is 13.0 Å². The van der Waals surface area contributed by atoms with Crippen LogP contribution in [0.2, 0.25) is 5.02 Å². The van der Waals surface area contributed by atoms with E-state index in [2.05, 4.69) is 4.72 Å². The largest absolute Gasteiger partial charge is 0.324 e. The SMILES string of the molecule is Cc1cc(S(=O)(=O)NCC(C)(C)N)c(Cl)cc1F.Cl. The number of rotatable bonds is 4. The minimum absolute atomic E-state index is 0. The molecule has 0 aliphatic carbocycles. The Bertz CT molecular complexity index is 557. The van der Waals surface area contributed by atoms with Gasteiger partial charge in [-0.2, -0.15) is 0 Å². The predicted octanol–water partition coefficient (Wildman–Crippen LogP) is 2.22. The second-order valence-corrected chi connectivity index (χ2v) is 6.99. The number of hydrogen-bond donors (Lipinski definition) is 2. The highest BCUT2D eigenvalue weighted by Gasteiger charge is 2.22. The summed E-state index contributed by atoms with van der Waals surface area (Å²) in [6, 6.07) is 2.18. The van der Waals surface area contributed by atoms with E-state index in [0.29, 0.717) is 0 Å². The first kappa shape index (κ1) is 18.6. The summed E-state index contributed by atoms with van der Waals surface area (Å²) in [7, 11) is -3.79. The van der Waals surface area contributed by atoms with Crippen LogP contribution < -0.4 is 10.5 Å². The molecule has 110 valence electrons. The second-order valence-electron chi connectivity index (χ2n) is 4.84. The number of hydrogen-bond acceptors (Lipinski definition) is 3. The fourth-order valence-electron chi connectivity index (χ4n) is 1.20. The second kappa shape index (κ2) is 6.37. The first-order valence-corrected chi connectivity index (χ1v) is 7.13. The number of halogens is 3. The molecule has 0 fully saturated rings. The number of nitrogens with one attached hydrogen (secondary N) is 1. The average molecular weight is 331 g/mol. The van der Waals surface area contributed by atoms with Crippen LogP contribution in [0.5, 0.6) is 0 Å². The molecule has 0 aliphatic rings. The maximum absolute atomic E-state index is 13.2. The van der Waals surface area contributed by atoms with Gasteiger partial charge in [-0.05, 0) is 38.5 Å². The molecule has 3 N–H and O–H groups in total. The molecule has 0 heterocycles. The van der Waals surface area contributed by atoms with Crippen molar-refractivity contribution >= 4 is 34.0 Å². The first-order valence-electron chi connectivity index (χ1n) is 5.27. The topological polar surface area (TPSA) is 72.2 Å². The lowest BCUT2D eigenvalue weighted by Gasteiger charge is -2.19. The van der Waals surface area contributed by atoms with Crippen LogP contribution in [-0.4, -0.2) is 20.5 Å². The normalized spacial score (nSPS) is 12.1. The van der Waals surface area contributed by atoms with Crippen LogP contribution in [0.4, 0.5) is 4.39 Å². The Kier molecular flexibility index (Phi) is 6.23. The van der Waals surface area contributed by atoms with Gasteiger partial charge in [-0.15, -0.1) is 12.4 Å². The molecular weight excluding hydrogens is 314 g/mol. The molecule has 0 unspecified atom stereocenters. The Morgan fingerprint density at radius 3 is 2.42 bits per heavy atom. The Hall–Kier alpha value is -0.400. The average Bonchev–Trinajstić information content (AvgIpc) is 2.19. The molecule has 0 bridgehead atoms. The monoisotopic (exact) mass is 330 g/mol. The van der Waals surface area contributed by atoms with Crippen molar-refractivity contribution in [3.8, 4) is 0 Å². The molecule has 8 heteroatoms. The molecule has 1 rings (SSSR count). The Morgan fingerprint density at radius 2 is 1.95 bits per heavy atom. The first-order chi connectivity index (χ1) is 8.03. The molecule has 1 aromatic carbocycles. The van der Waals surface area contributed by atoms with Crippen molar-refractivity contribution in [1.82, 2.24) is 4.72 Å². The highest BCUT2D eigenvalue weighted by molar-refractivity contribution is 7.89. The third-order valence-electron chi connectivity index (χ3n) is 2.22. The van der Waals surface area contributed by atoms with E-state index in [4.69, 9.17) is 17.3 Å². The quantitative estimate of drug-likeness (QED) is 0.889. The number of sulfonamides is 1. The zero-order valence-electron chi connectivity index (χ0n) is 10.8. The van der Waals surface area contributed by atoms with Crippen molar-refractivity contribution in [3.63, 3.8) is 0 Å². The van der Waals surface area contributed by atoms with Gasteiger partial charge in [-0.25, -0.2) is 17.5 Å². The minimum atomic E-state index is -3.79. The molecule has 0 aliphatic heterocycles. The maximum atomic E-state index is 13.2. The minimum Gasteiger partial charge on any atom is -0.324 e. The van der Waals surface area contributed by atoms with Crippen molar-refractivity contribution in [2.24, 2.45) is 5.73 Å². The van der Waals surface area contributed by atoms with E-state index in [1.54, 1.807) is 13.8 Å². The molecule has 0 saturated carbocycles. The van der Waals surface area contributed by atoms with Crippen molar-refractivity contribution in [3.05, 3.63) is 28.5 Å². The lowest BCUT2D eigenvalue weighted by Crippen LogP contribution is -2.45. The summed E-state index contributed by atoms with van der Waals surface area (Å²) in [5.41, 5.74) is 5.22. The molecule has 1 aromatic rings. The molecule has 0 atom stereocenters. The van der Waals surface area contributed by atoms with Gasteiger partial charge in [0.1, 0.15) is 10.7 Å². The molecule has 0 spiro atoms. The van der Waals surface area contributed by atoms with Crippen molar-refractivity contribution in [2.45, 2.75) is 31.2 Å². The van der Waals surface area contributed by atoms with E-state index in [-0.39, 0.29) is 34.4 Å². The van der Waals surface area contributed by atoms with Crippen molar-refractivity contribution < 1.29 is 12.8 Å². The number of benzene rings is 1. The smallest absolute Gasteiger partial charge is 0.242 e. The van der Waals surface area contributed by atoms with E-state index >= 15 is 0 Å². The standard InChI is InChI=1S/C11H16ClFN2O2S.ClH/c1-7-4-10(8(12)5-9(7)13)18(16,17)15-6-11(2,3)14;/h4-5,15H,6,14H2,1-3H3;1H. The van der Waals surface area contributed by atoms with Crippen LogP contribution in [0.15, 0.2) is 17.0 Å². The molecule has 0 amide bonds. The Labute approximate surface area is 124 Å². The molecular formula is C11H17Cl2FN2O2S. The highest BCUT2D eigenvalue weighted by atomic mass is 35.5. The van der Waals surface area contributed by atoms with Gasteiger partial charge in [0, 0.05) is 12.1 Å². The molecule has 0 aromatic heterocycles. The van der Waals surface area contributed by atoms with Gasteiger partial charge in [0.2, 0.25) is 10.0 Å². The van der Waals surface area contributed by atoms with Crippen LogP contribution in [0.3, 0.4) is 0 Å². The van der Waals surface area contributed by atoms with Gasteiger partial charge >= 0.3 is 0 Å². The molecule has 0 saturated heterocycles. The summed E-state index contributed by atoms with van der Waals surface area (Å²) in [5.74, 6) is -0.543. The molecule has 19 heavy (non-hydrogen) atoms. The molecule has 4 nitrogen and oxygen atoms in total. The van der Waals surface area contributed by atoms with Gasteiger partial charge < -0.3 is 5.73 Å². The predicted molar refractivity (Wildman–Crippen MR) is 76.8 cm³/mol. The number of aryl methyl sites for hydroxylation is 1. The van der Waals surface area contributed by atoms with Crippen LogP contribution >= 0.6 is 24.0 Å². The van der Waals surface area contributed by atoms with Crippen molar-refractivity contribution in [2.75, 3.05) is 6.54 Å². The third kappa shape index (κ3) is 5.24. The van der Waals surface area contributed by atoms with Crippen LogP contribution in [0, 0.1) is 12.7 Å². The zero-order chi connectivity index (χ0) is 14.1. The Balaban J connectivity index is 0.00000324. The summed E-state index contributed by atoms with van der Waals surface area (Å²) >= 11 is 5.75. The lowest BCUT2D eigenvalue weighted by atomic mass is 10.1. The highest BCUT2D eigenvalue weighted by Crippen LogP contribution is 2.24. The van der Waals surface area contributed by atoms with Crippen LogP contribution in [0.1, 0.15) is 19.4 Å². The lowest BCUT2D eigenvalue weighted by molar-refractivity contribution is 0.498. The third-order valence-corrected chi connectivity index (χ3v) is 4.09. The summed E-state index contributed by atoms with van der Waals surface area (Å²) in [6.07, 6.45) is 0. The van der Waals surface area contributed by atoms with Gasteiger partial charge in [-0.3, -0.25) is 0 Å². The summed E-state index contributed by atoms with van der Waals surface area (Å²) < 4.78 is 39.5. The van der Waals surface area contributed by atoms with Gasteiger partial charge in [0.15, 0.2) is 0 Å². The summed E-state index contributed by atoms with van der Waals surface area (Å²) in [5, 5.41) is -0.152. The van der Waals surface area contributed by atoms with Crippen molar-refractivity contribution in [1.29, 1.82) is 0 Å². The van der Waals surface area contributed by atoms with Gasteiger partial charge in [0.05, 0.1) is 5.02 Å². The van der Waals surface area contributed by atoms with Crippen LogP contribution in [-0.2, 0) is 10.0 Å². The van der Waals surface area contributed by atoms with Gasteiger partial charge in [0.25, 0.3) is 0 Å². The summed E-state index contributed by atoms with van der Waals surface area (Å²) in [6.45, 7) is 4.90. The van der Waals surface area contributed by atoms with E-state index in [0.717, 1.165) is 6.07 Å². The fraction of sp³-hybridized carbons (Fsp3) is 0.455. The Morgan fingerprint density at radius 1 is 1.42 bits per heavy atom. The maximum Gasteiger partial charge on any atom is 0.242 e. The van der Waals surface area contributed by atoms with E-state index < -0.39 is 21.4 Å². The van der Waals surface area contributed by atoms with E-state index in [1.807, 2.05) is 0 Å².